The fraction of sp³-hybridized carbons (Fsp3) is 0.405. The van der Waals surface area contributed by atoms with Crippen LogP contribution in [-0.2, 0) is 19.0 Å². The third-order valence-electron chi connectivity index (χ3n) is 8.46. The number of amides is 2. The number of carbonyl (C=O) groups excluding carboxylic acids is 2. The molecule has 0 aromatic heterocycles. The first-order valence-electron chi connectivity index (χ1n) is 16.5. The number of para-hydroxylation sites is 1. The van der Waals surface area contributed by atoms with Crippen molar-refractivity contribution in [2.45, 2.75) is 63.5 Å². The Hall–Kier alpha value is -4.34. The van der Waals surface area contributed by atoms with Crippen molar-refractivity contribution in [2.24, 2.45) is 0 Å². The maximum absolute atomic E-state index is 12.7. The highest BCUT2D eigenvalue weighted by molar-refractivity contribution is 5.91. The highest BCUT2D eigenvalue weighted by Crippen LogP contribution is 2.28. The third-order valence-corrected chi connectivity index (χ3v) is 8.46. The molecule has 0 bridgehead atoms. The van der Waals surface area contributed by atoms with Crippen LogP contribution in [-0.4, -0.2) is 61.8 Å². The lowest BCUT2D eigenvalue weighted by molar-refractivity contribution is -0.121. The van der Waals surface area contributed by atoms with Crippen LogP contribution in [0.15, 0.2) is 103 Å². The monoisotopic (exact) mass is 626 g/mol. The van der Waals surface area contributed by atoms with Gasteiger partial charge in [-0.1, -0.05) is 73.2 Å². The van der Waals surface area contributed by atoms with Gasteiger partial charge >= 0.3 is 6.09 Å². The Morgan fingerprint density at radius 3 is 2.54 bits per heavy atom. The molecule has 0 radical (unpaired) electrons. The first-order chi connectivity index (χ1) is 22.7. The first-order valence-corrected chi connectivity index (χ1v) is 16.5. The Labute approximate surface area is 272 Å². The Kier molecular flexibility index (Phi) is 12.9. The van der Waals surface area contributed by atoms with E-state index >= 15 is 0 Å². The second-order valence-corrected chi connectivity index (χ2v) is 11.8. The molecule has 244 valence electrons. The van der Waals surface area contributed by atoms with Gasteiger partial charge in [0.25, 0.3) is 0 Å². The van der Waals surface area contributed by atoms with Crippen LogP contribution in [0.2, 0.25) is 0 Å². The second-order valence-electron chi connectivity index (χ2n) is 11.8. The summed E-state index contributed by atoms with van der Waals surface area (Å²) in [5.41, 5.74) is 4.02. The largest absolute Gasteiger partial charge is 0.466 e. The normalized spacial score (nSPS) is 17.2. The SMILES string of the molecule is O=C(CCN1CCC(OC(=O)Nc2ccccc2-c2ccccc2)CC1)NCCCCCNC(C1=CC=CCC1)C1=COC=CO1. The molecule has 1 aliphatic carbocycles. The lowest BCUT2D eigenvalue weighted by Crippen LogP contribution is -2.40. The number of ether oxygens (including phenoxy) is 3. The van der Waals surface area contributed by atoms with Gasteiger partial charge in [-0.3, -0.25) is 10.1 Å². The van der Waals surface area contributed by atoms with Gasteiger partial charge in [0, 0.05) is 38.2 Å². The predicted octanol–water partition coefficient (Wildman–Crippen LogP) is 6.64. The molecule has 9 nitrogen and oxygen atoms in total. The van der Waals surface area contributed by atoms with Crippen molar-refractivity contribution in [1.82, 2.24) is 15.5 Å². The lowest BCUT2D eigenvalue weighted by Gasteiger charge is -2.31. The van der Waals surface area contributed by atoms with Gasteiger partial charge in [0.05, 0.1) is 11.7 Å². The molecule has 2 aromatic carbocycles. The lowest BCUT2D eigenvalue weighted by atomic mass is 9.96. The van der Waals surface area contributed by atoms with Crippen molar-refractivity contribution in [1.29, 1.82) is 0 Å². The molecule has 1 saturated heterocycles. The van der Waals surface area contributed by atoms with Crippen LogP contribution in [0.25, 0.3) is 11.1 Å². The van der Waals surface area contributed by atoms with E-state index in [0.29, 0.717) is 19.5 Å². The number of hydrogen-bond donors (Lipinski definition) is 3. The molecule has 1 atom stereocenters. The summed E-state index contributed by atoms with van der Waals surface area (Å²) in [6.45, 7) is 3.85. The number of allylic oxidation sites excluding steroid dienone is 3. The Balaban J connectivity index is 0.914. The van der Waals surface area contributed by atoms with Gasteiger partial charge in [-0.2, -0.15) is 0 Å². The van der Waals surface area contributed by atoms with E-state index in [4.69, 9.17) is 14.2 Å². The number of piperidine rings is 1. The van der Waals surface area contributed by atoms with Gasteiger partial charge in [-0.15, -0.1) is 0 Å². The van der Waals surface area contributed by atoms with Crippen LogP contribution >= 0.6 is 0 Å². The van der Waals surface area contributed by atoms with Crippen LogP contribution in [0.3, 0.4) is 0 Å². The van der Waals surface area contributed by atoms with Gasteiger partial charge < -0.3 is 29.7 Å². The minimum Gasteiger partial charge on any atom is -0.466 e. The zero-order valence-corrected chi connectivity index (χ0v) is 26.5. The highest BCUT2D eigenvalue weighted by Gasteiger charge is 2.24. The zero-order chi connectivity index (χ0) is 31.8. The molecule has 0 spiro atoms. The number of hydrogen-bond acceptors (Lipinski definition) is 7. The Morgan fingerprint density at radius 2 is 1.76 bits per heavy atom. The molecule has 1 unspecified atom stereocenters. The Bertz CT molecular complexity index is 1400. The second kappa shape index (κ2) is 18.0. The molecule has 0 saturated carbocycles. The maximum atomic E-state index is 12.7. The van der Waals surface area contributed by atoms with Crippen LogP contribution in [0.1, 0.15) is 51.4 Å². The van der Waals surface area contributed by atoms with Crippen LogP contribution < -0.4 is 16.0 Å². The van der Waals surface area contributed by atoms with Crippen molar-refractivity contribution in [3.63, 3.8) is 0 Å². The van der Waals surface area contributed by atoms with Gasteiger partial charge in [-0.25, -0.2) is 4.79 Å². The quantitative estimate of drug-likeness (QED) is 0.191. The van der Waals surface area contributed by atoms with Gasteiger partial charge in [-0.05, 0) is 62.3 Å². The standard InChI is InChI=1S/C37H46N4O5/c42-35(38-21-10-3-11-22-39-36(30-14-6-2-7-15-30)34-28-44-26-27-45-34)20-25-41-23-18-31(19-24-41)46-37(43)40-33-17-9-8-16-32(33)29-12-4-1-5-13-29/h1-2,4-6,8-9,12-14,16-17,26-28,31,36,39H,3,7,10-11,15,18-25H2,(H,38,42)(H,40,43). The number of benzene rings is 2. The van der Waals surface area contributed by atoms with Crippen molar-refractivity contribution < 1.29 is 23.8 Å². The van der Waals surface area contributed by atoms with Crippen molar-refractivity contribution in [3.8, 4) is 11.1 Å². The number of anilines is 1. The Morgan fingerprint density at radius 1 is 0.957 bits per heavy atom. The molecule has 5 rings (SSSR count). The summed E-state index contributed by atoms with van der Waals surface area (Å²) in [7, 11) is 0. The van der Waals surface area contributed by atoms with Gasteiger partial charge in [0.15, 0.2) is 5.76 Å². The number of rotatable bonds is 15. The molecule has 1 fully saturated rings. The van der Waals surface area contributed by atoms with Crippen LogP contribution in [0.4, 0.5) is 10.5 Å². The maximum Gasteiger partial charge on any atom is 0.411 e. The van der Waals surface area contributed by atoms with Crippen molar-refractivity contribution in [2.75, 3.05) is 38.0 Å². The fourth-order valence-electron chi connectivity index (χ4n) is 5.94. The van der Waals surface area contributed by atoms with Crippen molar-refractivity contribution in [3.05, 3.63) is 103 Å². The van der Waals surface area contributed by atoms with Crippen LogP contribution in [0.5, 0.6) is 0 Å². The summed E-state index contributed by atoms with van der Waals surface area (Å²) in [6.07, 6.45) is 17.6. The molecule has 3 aliphatic rings. The molecular formula is C37H46N4O5. The van der Waals surface area contributed by atoms with E-state index in [-0.39, 0.29) is 18.1 Å². The molecule has 46 heavy (non-hydrogen) atoms. The third kappa shape index (κ3) is 10.4. The molecule has 9 heteroatoms. The van der Waals surface area contributed by atoms with E-state index in [1.807, 2.05) is 54.6 Å². The summed E-state index contributed by atoms with van der Waals surface area (Å²) in [6, 6.07) is 17.7. The van der Waals surface area contributed by atoms with E-state index in [2.05, 4.69) is 39.1 Å². The number of nitrogens with zero attached hydrogens (tertiary/aromatic N) is 1. The van der Waals surface area contributed by atoms with E-state index in [0.717, 1.165) is 87.2 Å². The summed E-state index contributed by atoms with van der Waals surface area (Å²) >= 11 is 0. The average molecular weight is 627 g/mol. The molecule has 2 heterocycles. The van der Waals surface area contributed by atoms with Crippen molar-refractivity contribution >= 4 is 17.7 Å². The minimum atomic E-state index is -0.432. The number of unbranched alkanes of at least 4 members (excludes halogenated alkanes) is 2. The van der Waals surface area contributed by atoms with Gasteiger partial charge in [0.2, 0.25) is 5.91 Å². The van der Waals surface area contributed by atoms with E-state index in [9.17, 15) is 9.59 Å². The van der Waals surface area contributed by atoms with Gasteiger partial charge in [0.1, 0.15) is 24.9 Å². The number of carbonyl (C=O) groups is 2. The van der Waals surface area contributed by atoms with E-state index in [1.54, 1.807) is 12.5 Å². The first kappa shape index (κ1) is 33.0. The minimum absolute atomic E-state index is 0.00538. The smallest absolute Gasteiger partial charge is 0.411 e. The molecule has 2 aromatic rings. The highest BCUT2D eigenvalue weighted by atomic mass is 16.6. The van der Waals surface area contributed by atoms with E-state index < -0.39 is 6.09 Å². The summed E-state index contributed by atoms with van der Waals surface area (Å²) in [5, 5.41) is 9.61. The summed E-state index contributed by atoms with van der Waals surface area (Å²) < 4.78 is 16.8. The molecular weight excluding hydrogens is 580 g/mol. The van der Waals surface area contributed by atoms with Crippen LogP contribution in [0, 0.1) is 0 Å². The fourth-order valence-corrected chi connectivity index (χ4v) is 5.94. The molecule has 2 aliphatic heterocycles. The topological polar surface area (TPSA) is 101 Å². The molecule has 2 amide bonds. The number of likely N-dealkylation sites (tertiary alicyclic amines) is 1. The number of nitrogens with one attached hydrogen (secondary N) is 3. The van der Waals surface area contributed by atoms with E-state index in [1.165, 1.54) is 11.8 Å². The summed E-state index contributed by atoms with van der Waals surface area (Å²) in [5.74, 6) is 0.860. The zero-order valence-electron chi connectivity index (χ0n) is 26.5. The predicted molar refractivity (Wildman–Crippen MR) is 181 cm³/mol. The average Bonchev–Trinajstić information content (AvgIpc) is 3.10. The molecule has 3 N–H and O–H groups in total. The summed E-state index contributed by atoms with van der Waals surface area (Å²) in [4.78, 5) is 27.4.